The number of hydrogen-bond acceptors (Lipinski definition) is 1. The fourth-order valence-electron chi connectivity index (χ4n) is 0.988. The van der Waals surface area contributed by atoms with Crippen molar-refractivity contribution in [1.82, 2.24) is 0 Å². The minimum absolute atomic E-state index is 1.02. The van der Waals surface area contributed by atoms with E-state index in [-0.39, 0.29) is 0 Å². The molecule has 0 aromatic carbocycles. The van der Waals surface area contributed by atoms with E-state index in [1.165, 1.54) is 0 Å². The van der Waals surface area contributed by atoms with Gasteiger partial charge in [-0.05, 0) is 18.2 Å². The summed E-state index contributed by atoms with van der Waals surface area (Å²) < 4.78 is 0. The van der Waals surface area contributed by atoms with Gasteiger partial charge in [-0.1, -0.05) is 12.2 Å². The van der Waals surface area contributed by atoms with Crippen LogP contribution in [-0.4, -0.2) is 6.21 Å². The van der Waals surface area contributed by atoms with E-state index >= 15 is 0 Å². The molecule has 2 bridgehead atoms. The summed E-state index contributed by atoms with van der Waals surface area (Å²) >= 11 is 0. The van der Waals surface area contributed by atoms with Gasteiger partial charge in [0.25, 0.3) is 0 Å². The first-order chi connectivity index (χ1) is 5.45. The molecule has 0 saturated carbocycles. The van der Waals surface area contributed by atoms with E-state index < -0.39 is 0 Å². The van der Waals surface area contributed by atoms with Crippen LogP contribution >= 0.6 is 0 Å². The highest BCUT2D eigenvalue weighted by Crippen LogP contribution is 2.07. The van der Waals surface area contributed by atoms with E-state index in [4.69, 9.17) is 0 Å². The molecule has 0 aromatic heterocycles. The van der Waals surface area contributed by atoms with Gasteiger partial charge in [0.1, 0.15) is 0 Å². The Morgan fingerprint density at radius 3 is 2.73 bits per heavy atom. The van der Waals surface area contributed by atoms with Crippen LogP contribution in [0.1, 0.15) is 0 Å². The van der Waals surface area contributed by atoms with Crippen molar-refractivity contribution in [3.63, 3.8) is 0 Å². The van der Waals surface area contributed by atoms with Crippen LogP contribution in [0.2, 0.25) is 0 Å². The van der Waals surface area contributed by atoms with E-state index in [9.17, 15) is 0 Å². The smallest absolute Gasteiger partial charge is 0.0418 e. The zero-order chi connectivity index (χ0) is 7.52. The molecule has 0 amide bonds. The monoisotopic (exact) mass is 141 g/mol. The molecular weight excluding hydrogens is 134 g/mol. The first-order valence-corrected chi connectivity index (χ1v) is 3.50. The Hall–Kier alpha value is -1.59. The van der Waals surface area contributed by atoms with Gasteiger partial charge >= 0.3 is 0 Å². The summed E-state index contributed by atoms with van der Waals surface area (Å²) in [4.78, 5) is 4.04. The highest BCUT2D eigenvalue weighted by molar-refractivity contribution is 5.83. The van der Waals surface area contributed by atoms with Crippen LogP contribution < -0.4 is 0 Å². The number of rotatable bonds is 0. The van der Waals surface area contributed by atoms with E-state index in [1.807, 2.05) is 30.4 Å². The van der Waals surface area contributed by atoms with Crippen LogP contribution in [0.4, 0.5) is 0 Å². The zero-order valence-electron chi connectivity index (χ0n) is 5.99. The quantitative estimate of drug-likeness (QED) is 0.458. The molecule has 1 aliphatic heterocycles. The van der Waals surface area contributed by atoms with Crippen LogP contribution in [0.15, 0.2) is 58.4 Å². The van der Waals surface area contributed by atoms with E-state index in [0.29, 0.717) is 0 Å². The minimum Gasteiger partial charge on any atom is -0.263 e. The van der Waals surface area contributed by atoms with Crippen molar-refractivity contribution in [3.05, 3.63) is 53.5 Å². The normalized spacial score (nSPS) is 18.9. The average Bonchev–Trinajstić information content (AvgIpc) is 2.36. The number of aliphatic imine (C=N–C) groups is 1. The van der Waals surface area contributed by atoms with Gasteiger partial charge in [0.15, 0.2) is 0 Å². The second-order valence-electron chi connectivity index (χ2n) is 2.35. The van der Waals surface area contributed by atoms with Crippen LogP contribution in [0.5, 0.6) is 0 Å². The van der Waals surface area contributed by atoms with Gasteiger partial charge in [-0.3, -0.25) is 4.99 Å². The molecule has 1 heteroatoms. The molecule has 0 unspecified atom stereocenters. The predicted octanol–water partition coefficient (Wildman–Crippen LogP) is 2.16. The lowest BCUT2D eigenvalue weighted by Gasteiger charge is -1.81. The van der Waals surface area contributed by atoms with Gasteiger partial charge in [0.2, 0.25) is 0 Å². The summed E-state index contributed by atoms with van der Waals surface area (Å²) in [6, 6.07) is 0. The van der Waals surface area contributed by atoms with Crippen LogP contribution in [0.25, 0.3) is 0 Å². The van der Waals surface area contributed by atoms with E-state index in [1.54, 1.807) is 12.4 Å². The van der Waals surface area contributed by atoms with Gasteiger partial charge in [-0.25, -0.2) is 0 Å². The van der Waals surface area contributed by atoms with Crippen molar-refractivity contribution in [2.45, 2.75) is 0 Å². The van der Waals surface area contributed by atoms with Gasteiger partial charge in [0.05, 0.1) is 0 Å². The second-order valence-corrected chi connectivity index (χ2v) is 2.35. The SMILES string of the molecule is C1=C2C=CC=CC=1C=NC=C2. The molecule has 11 heavy (non-hydrogen) atoms. The minimum atomic E-state index is 1.02. The molecule has 2 aliphatic rings. The molecule has 0 saturated heterocycles. The Kier molecular flexibility index (Phi) is 1.43. The third-order valence-corrected chi connectivity index (χ3v) is 1.51. The number of hydrogen-bond donors (Lipinski definition) is 0. The molecule has 0 radical (unpaired) electrons. The van der Waals surface area contributed by atoms with Crippen molar-refractivity contribution in [2.75, 3.05) is 0 Å². The molecule has 0 spiro atoms. The third-order valence-electron chi connectivity index (χ3n) is 1.51. The summed E-state index contributed by atoms with van der Waals surface area (Å²) in [6.07, 6.45) is 13.5. The van der Waals surface area contributed by atoms with Crippen molar-refractivity contribution < 1.29 is 0 Å². The third kappa shape index (κ3) is 1.28. The molecule has 1 nitrogen and oxygen atoms in total. The van der Waals surface area contributed by atoms with Crippen molar-refractivity contribution >= 4 is 6.21 Å². The summed E-state index contributed by atoms with van der Waals surface area (Å²) in [5.41, 5.74) is 5.30. The van der Waals surface area contributed by atoms with E-state index in [0.717, 1.165) is 11.1 Å². The van der Waals surface area contributed by atoms with Crippen molar-refractivity contribution in [2.24, 2.45) is 4.99 Å². The lowest BCUT2D eigenvalue weighted by atomic mass is 10.2. The summed E-state index contributed by atoms with van der Waals surface area (Å²) in [6.45, 7) is 0. The lowest BCUT2D eigenvalue weighted by molar-refractivity contribution is 1.57. The average molecular weight is 141 g/mol. The van der Waals surface area contributed by atoms with E-state index in [2.05, 4.69) is 10.7 Å². The first kappa shape index (κ1) is 6.14. The molecule has 52 valence electrons. The van der Waals surface area contributed by atoms with Crippen LogP contribution in [0.3, 0.4) is 0 Å². The molecule has 2 rings (SSSR count). The number of nitrogens with zero attached hydrogens (tertiary/aromatic N) is 1. The zero-order valence-corrected chi connectivity index (χ0v) is 5.99. The molecule has 0 atom stereocenters. The summed E-state index contributed by atoms with van der Waals surface area (Å²) in [5.74, 6) is 0. The fraction of sp³-hybridized carbons (Fsp3) is 0. The molecule has 0 fully saturated rings. The predicted molar refractivity (Wildman–Crippen MR) is 46.5 cm³/mol. The second kappa shape index (κ2) is 2.57. The maximum absolute atomic E-state index is 4.04. The fourth-order valence-corrected chi connectivity index (χ4v) is 0.988. The Labute approximate surface area is 65.5 Å². The van der Waals surface area contributed by atoms with Crippen LogP contribution in [0, 0.1) is 0 Å². The van der Waals surface area contributed by atoms with Gasteiger partial charge < -0.3 is 0 Å². The highest BCUT2D eigenvalue weighted by Gasteiger charge is 1.92. The topological polar surface area (TPSA) is 12.4 Å². The Morgan fingerprint density at radius 2 is 1.82 bits per heavy atom. The largest absolute Gasteiger partial charge is 0.263 e. The van der Waals surface area contributed by atoms with Gasteiger partial charge in [-0.15, -0.1) is 5.73 Å². The van der Waals surface area contributed by atoms with Gasteiger partial charge in [-0.2, -0.15) is 0 Å². The van der Waals surface area contributed by atoms with Crippen molar-refractivity contribution in [1.29, 1.82) is 0 Å². The maximum atomic E-state index is 4.04. The molecular formula is C10H7N. The van der Waals surface area contributed by atoms with Gasteiger partial charge in [0, 0.05) is 23.6 Å². The maximum Gasteiger partial charge on any atom is 0.0418 e. The van der Waals surface area contributed by atoms with Crippen LogP contribution in [-0.2, 0) is 0 Å². The highest BCUT2D eigenvalue weighted by atomic mass is 14.7. The Balaban J connectivity index is 2.58. The first-order valence-electron chi connectivity index (χ1n) is 3.50. The summed E-state index contributed by atoms with van der Waals surface area (Å²) in [7, 11) is 0. The molecule has 0 N–H and O–H groups in total. The lowest BCUT2D eigenvalue weighted by Crippen LogP contribution is -1.73. The molecule has 0 aromatic rings. The molecule has 1 heterocycles. The van der Waals surface area contributed by atoms with Crippen molar-refractivity contribution in [3.8, 4) is 0 Å². The Morgan fingerprint density at radius 1 is 1.00 bits per heavy atom. The number of allylic oxidation sites excluding steroid dienone is 6. The molecule has 1 aliphatic carbocycles. The summed E-state index contributed by atoms with van der Waals surface area (Å²) in [5, 5.41) is 0. The standard InChI is InChI=1S/C10H7N/c1-2-4-10-7-9(3-1)5-6-11-8-10/h1-6,8H. The Bertz CT molecular complexity index is 285.